The highest BCUT2D eigenvalue weighted by Gasteiger charge is 2.57. The van der Waals surface area contributed by atoms with Crippen LogP contribution in [0.2, 0.25) is 0 Å². The molecule has 6 heterocycles. The summed E-state index contributed by atoms with van der Waals surface area (Å²) in [6.07, 6.45) is -19.5. The monoisotopic (exact) mass is 1490 g/mol. The number of esters is 2. The van der Waals surface area contributed by atoms with Crippen LogP contribution in [0.15, 0.2) is 5.11 Å². The van der Waals surface area contributed by atoms with Gasteiger partial charge >= 0.3 is 24.1 Å². The summed E-state index contributed by atoms with van der Waals surface area (Å²) in [4.78, 5) is 67.5. The number of halogens is 6. The van der Waals surface area contributed by atoms with Crippen LogP contribution in [0.3, 0.4) is 0 Å². The number of nitrogens with zero attached hydrogens (tertiary/aromatic N) is 3. The standard InChI is InChI=1S/C61H98Cl6N6O23/c1-16-36-25(5)27(7)51(96-54-43(70-33(13)75)30(10)48(39(19-4)88-54)94-56-50(85-35(15)77)28(8)26(6)41(91-56)21-81-34(14)76)57(86-36)95-49-32(12)52(90-40(20-74)45(49)78)92-46-31(11)44(72-59(80)83-23-61(65,66)67)55(89-38(46)18-3)93-47-29(9)42(71-58(79)82-22-60(62,63)64)53(84-24-69-73-68)87-37(47)17-2/h25-32,36-57,74,78H,16-24H2,1-15H3,(H,70,75)(H,71,79)(H,72,80)/t25-,26+,27-,28-,29-,30+,31+,32?,36?,37?,38?,39?,40?,41?,42?,43?,44?,45+,46-,47-,48-,49+,50?,51?,52-,53+,54-,55-,56-,57+/m0/s1. The Balaban J connectivity index is 1.29. The van der Waals surface area contributed by atoms with Gasteiger partial charge in [-0.3, -0.25) is 14.4 Å². The van der Waals surface area contributed by atoms with Crippen molar-refractivity contribution in [3.63, 3.8) is 0 Å². The first-order valence-electron chi connectivity index (χ1n) is 32.8. The van der Waals surface area contributed by atoms with Gasteiger partial charge in [-0.05, 0) is 49.0 Å². The Morgan fingerprint density at radius 2 is 0.865 bits per heavy atom. The molecule has 12 unspecified atom stereocenters. The van der Waals surface area contributed by atoms with E-state index in [1.165, 1.54) is 20.8 Å². The summed E-state index contributed by atoms with van der Waals surface area (Å²) in [6, 6.07) is -3.08. The maximum Gasteiger partial charge on any atom is 0.407 e. The molecule has 552 valence electrons. The fourth-order valence-corrected chi connectivity index (χ4v) is 13.8. The largest absolute Gasteiger partial charge is 0.463 e. The van der Waals surface area contributed by atoms with Gasteiger partial charge in [0, 0.05) is 55.3 Å². The lowest BCUT2D eigenvalue weighted by atomic mass is 9.81. The second-order valence-electron chi connectivity index (χ2n) is 25.8. The number of hydrogen-bond donors (Lipinski definition) is 5. The molecule has 29 nitrogen and oxygen atoms in total. The fourth-order valence-electron chi connectivity index (χ4n) is 13.5. The Labute approximate surface area is 590 Å². The molecule has 6 aliphatic rings. The van der Waals surface area contributed by atoms with Crippen LogP contribution in [-0.4, -0.2) is 216 Å². The number of aliphatic hydroxyl groups is 2. The van der Waals surface area contributed by atoms with E-state index in [0.717, 1.165) is 0 Å². The lowest BCUT2D eigenvalue weighted by Gasteiger charge is -2.53. The van der Waals surface area contributed by atoms with Crippen molar-refractivity contribution in [1.82, 2.24) is 16.0 Å². The highest BCUT2D eigenvalue weighted by molar-refractivity contribution is 6.68. The Morgan fingerprint density at radius 3 is 1.32 bits per heavy atom. The van der Waals surface area contributed by atoms with Gasteiger partial charge < -0.3 is 102 Å². The van der Waals surface area contributed by atoms with Gasteiger partial charge in [0.2, 0.25) is 13.5 Å². The normalized spacial score (nSPS) is 40.6. The summed E-state index contributed by atoms with van der Waals surface area (Å²) in [5.74, 6) is -5.29. The van der Waals surface area contributed by atoms with E-state index >= 15 is 0 Å². The maximum absolute atomic E-state index is 13.8. The minimum Gasteiger partial charge on any atom is -0.463 e. The Hall–Kier alpha value is -2.56. The lowest BCUT2D eigenvalue weighted by molar-refractivity contribution is -0.378. The van der Waals surface area contributed by atoms with E-state index in [2.05, 4.69) is 26.0 Å². The number of alkyl carbamates (subject to hydrolysis) is 2. The molecule has 96 heavy (non-hydrogen) atoms. The van der Waals surface area contributed by atoms with E-state index in [1.807, 2.05) is 62.3 Å². The van der Waals surface area contributed by atoms with Gasteiger partial charge in [0.05, 0.1) is 79.7 Å². The number of rotatable bonds is 26. The van der Waals surface area contributed by atoms with Crippen LogP contribution in [0.1, 0.15) is 130 Å². The molecule has 6 fully saturated rings. The van der Waals surface area contributed by atoms with Gasteiger partial charge in [-0.2, -0.15) is 0 Å². The number of nitrogens with one attached hydrogen (secondary N) is 3. The van der Waals surface area contributed by atoms with Crippen LogP contribution < -0.4 is 16.0 Å². The van der Waals surface area contributed by atoms with E-state index in [0.29, 0.717) is 19.3 Å². The van der Waals surface area contributed by atoms with Gasteiger partial charge in [-0.1, -0.05) is 158 Å². The molecule has 3 amide bonds. The third kappa shape index (κ3) is 21.7. The molecule has 6 saturated heterocycles. The van der Waals surface area contributed by atoms with Crippen LogP contribution in [0.4, 0.5) is 9.59 Å². The third-order valence-corrected chi connectivity index (χ3v) is 19.8. The zero-order valence-corrected chi connectivity index (χ0v) is 61.3. The van der Waals surface area contributed by atoms with Crippen LogP contribution >= 0.6 is 69.6 Å². The second-order valence-corrected chi connectivity index (χ2v) is 30.8. The number of carbonyl (C=O) groups excluding carboxylic acids is 5. The summed E-state index contributed by atoms with van der Waals surface area (Å²) in [6.45, 7) is 24.0. The number of alkyl halides is 6. The van der Waals surface area contributed by atoms with Gasteiger partial charge in [0.25, 0.3) is 0 Å². The highest BCUT2D eigenvalue weighted by Crippen LogP contribution is 2.45. The van der Waals surface area contributed by atoms with Crippen LogP contribution in [0.5, 0.6) is 0 Å². The van der Waals surface area contributed by atoms with Crippen LogP contribution in [0.25, 0.3) is 10.4 Å². The predicted octanol–water partition coefficient (Wildman–Crippen LogP) is 8.56. The molecule has 0 bridgehead atoms. The molecule has 0 saturated carbocycles. The van der Waals surface area contributed by atoms with Gasteiger partial charge in [0.15, 0.2) is 43.8 Å². The number of amides is 3. The molecular weight excluding hydrogens is 1400 g/mol. The fraction of sp³-hybridized carbons (Fsp3) is 0.918. The predicted molar refractivity (Wildman–Crippen MR) is 346 cm³/mol. The SMILES string of the molecule is CCC1O[C@H](O[C@@H]2C(C)[C@H](O[C@@H]3C(CC)O[C@@H](O[C@@H]4C(CC)O[C@@H](OCN=[N+]=[N-])C(NC(=O)OCC(Cl)(Cl)Cl)[C@@H]4C)C(NC(=O)OCC(Cl)(Cl)Cl)[C@H]3C)OC(CO)[C@H]2O)C(O[C@@H]2OC(CC)[C@@H](O[C@@H]3OC(COC(C)=O)[C@H](C)[C@H](C)C3OC(C)=O)[C@H](C)C2NC(C)=O)[C@@H](C)[C@@H]1C. The first-order valence-corrected chi connectivity index (χ1v) is 35.1. The van der Waals surface area contributed by atoms with Gasteiger partial charge in [-0.25, -0.2) is 9.59 Å². The number of hydrogen-bond acceptors (Lipinski definition) is 24. The molecule has 0 spiro atoms. The minimum atomic E-state index is -2.00. The number of carbonyl (C=O) groups is 5. The summed E-state index contributed by atoms with van der Waals surface area (Å²) >= 11 is 35.6. The van der Waals surface area contributed by atoms with Crippen molar-refractivity contribution in [2.75, 3.05) is 33.2 Å². The summed E-state index contributed by atoms with van der Waals surface area (Å²) < 4.78 is 98.1. The molecule has 0 radical (unpaired) electrons. The van der Waals surface area contributed by atoms with Gasteiger partial charge in [0.1, 0.15) is 44.9 Å². The Morgan fingerprint density at radius 1 is 0.469 bits per heavy atom. The number of ether oxygens (including phenoxy) is 16. The number of azide groups is 1. The van der Waals surface area contributed by atoms with E-state index < -0.39 is 217 Å². The molecule has 0 aromatic rings. The highest BCUT2D eigenvalue weighted by atomic mass is 35.6. The molecule has 35 heteroatoms. The third-order valence-electron chi connectivity index (χ3n) is 19.2. The molecule has 0 aromatic heterocycles. The molecule has 0 aliphatic carbocycles. The van der Waals surface area contributed by atoms with Gasteiger partial charge in [-0.15, -0.1) is 0 Å². The maximum atomic E-state index is 13.8. The molecule has 6 rings (SSSR count). The number of aliphatic hydroxyl groups excluding tert-OH is 2. The van der Waals surface area contributed by atoms with Crippen molar-refractivity contribution >= 4 is 99.6 Å². The first kappa shape index (κ1) is 82.4. The quantitative estimate of drug-likeness (QED) is 0.0135. The minimum absolute atomic E-state index is 0.0646. The lowest BCUT2D eigenvalue weighted by Crippen LogP contribution is -2.66. The molecule has 30 atom stereocenters. The average Bonchev–Trinajstić information content (AvgIpc) is 0.773. The van der Waals surface area contributed by atoms with Crippen molar-refractivity contribution < 1.29 is 110 Å². The molecule has 6 aliphatic heterocycles. The zero-order valence-electron chi connectivity index (χ0n) is 56.8. The summed E-state index contributed by atoms with van der Waals surface area (Å²) in [5.41, 5.74) is 9.03. The van der Waals surface area contributed by atoms with Crippen molar-refractivity contribution in [3.8, 4) is 0 Å². The smallest absolute Gasteiger partial charge is 0.407 e. The van der Waals surface area contributed by atoms with Crippen molar-refractivity contribution in [3.05, 3.63) is 10.4 Å². The summed E-state index contributed by atoms with van der Waals surface area (Å²) in [5, 5.41) is 35.1. The van der Waals surface area contributed by atoms with Crippen molar-refractivity contribution in [2.24, 2.45) is 52.5 Å². The van der Waals surface area contributed by atoms with E-state index in [1.54, 1.807) is 20.8 Å². The van der Waals surface area contributed by atoms with E-state index in [9.17, 15) is 34.2 Å². The second kappa shape index (κ2) is 37.0. The van der Waals surface area contributed by atoms with E-state index in [4.69, 9.17) is 151 Å². The molecule has 5 N–H and O–H groups in total. The average molecular weight is 1500 g/mol. The Bertz CT molecular complexity index is 2570. The summed E-state index contributed by atoms with van der Waals surface area (Å²) in [7, 11) is 0. The molecular formula is C61H98Cl6N6O23. The topological polar surface area (TPSA) is 358 Å². The van der Waals surface area contributed by atoms with Crippen LogP contribution in [-0.2, 0) is 90.2 Å². The Kier molecular flexibility index (Phi) is 31.8. The zero-order chi connectivity index (χ0) is 71.4. The van der Waals surface area contributed by atoms with Crippen molar-refractivity contribution in [1.29, 1.82) is 0 Å². The van der Waals surface area contributed by atoms with E-state index in [-0.39, 0.29) is 42.8 Å². The molecule has 0 aromatic carbocycles. The van der Waals surface area contributed by atoms with Crippen LogP contribution in [0, 0.1) is 47.3 Å². The first-order chi connectivity index (χ1) is 45.1. The van der Waals surface area contributed by atoms with Crippen molar-refractivity contribution in [2.45, 2.75) is 272 Å².